The Kier molecular flexibility index (Phi) is 11.6. The van der Waals surface area contributed by atoms with Crippen LogP contribution in [0.2, 0.25) is 0 Å². The summed E-state index contributed by atoms with van der Waals surface area (Å²) in [6.07, 6.45) is 7.59. The molecule has 4 fully saturated rings. The van der Waals surface area contributed by atoms with Crippen molar-refractivity contribution in [3.8, 4) is 0 Å². The zero-order valence-corrected chi connectivity index (χ0v) is 27.5. The fourth-order valence-electron chi connectivity index (χ4n) is 9.79. The van der Waals surface area contributed by atoms with Crippen LogP contribution >= 0.6 is 0 Å². The fraction of sp³-hybridized carbons (Fsp3) is 0.853. The van der Waals surface area contributed by atoms with Gasteiger partial charge in [-0.15, -0.1) is 0 Å². The third-order valence-electron chi connectivity index (χ3n) is 12.3. The molecule has 0 bridgehead atoms. The number of esters is 5. The first-order valence-corrected chi connectivity index (χ1v) is 16.7. The van der Waals surface area contributed by atoms with Crippen molar-refractivity contribution in [3.05, 3.63) is 0 Å². The second kappa shape index (κ2) is 14.8. The van der Waals surface area contributed by atoms with Crippen molar-refractivity contribution < 1.29 is 52.8 Å². The molecular weight excluding hydrogens is 584 g/mol. The molecule has 0 aliphatic heterocycles. The van der Waals surface area contributed by atoms with Gasteiger partial charge in [-0.3, -0.25) is 14.4 Å². The Bertz CT molecular complexity index is 1110. The molecule has 0 aromatic carbocycles. The van der Waals surface area contributed by atoms with Gasteiger partial charge in [0.15, 0.2) is 13.2 Å². The summed E-state index contributed by atoms with van der Waals surface area (Å²) in [4.78, 5) is 59.0. The van der Waals surface area contributed by atoms with Gasteiger partial charge in [-0.2, -0.15) is 0 Å². The Hall–Kier alpha value is -2.69. The summed E-state index contributed by atoms with van der Waals surface area (Å²) in [5.74, 6) is -0.376. The molecule has 45 heavy (non-hydrogen) atoms. The highest BCUT2D eigenvalue weighted by atomic mass is 16.6. The van der Waals surface area contributed by atoms with Gasteiger partial charge in [0.2, 0.25) is 0 Å². The van der Waals surface area contributed by atoms with Gasteiger partial charge in [0, 0.05) is 6.42 Å². The molecule has 11 nitrogen and oxygen atoms in total. The molecule has 4 aliphatic rings. The molecule has 0 aromatic rings. The lowest BCUT2D eigenvalue weighted by Crippen LogP contribution is -2.59. The van der Waals surface area contributed by atoms with Crippen LogP contribution in [-0.2, 0) is 47.7 Å². The number of hydrogen-bond acceptors (Lipinski definition) is 11. The van der Waals surface area contributed by atoms with Crippen molar-refractivity contribution >= 4 is 29.8 Å². The number of hydrogen-bond donors (Lipinski definition) is 1. The van der Waals surface area contributed by atoms with Gasteiger partial charge in [-0.1, -0.05) is 20.8 Å². The van der Waals surface area contributed by atoms with Crippen LogP contribution in [0.5, 0.6) is 0 Å². The molecular formula is C34H52O11. The smallest absolute Gasteiger partial charge is 0.344 e. The van der Waals surface area contributed by atoms with Crippen molar-refractivity contribution in [2.45, 2.75) is 110 Å². The molecule has 4 rings (SSSR count). The molecule has 0 aromatic heterocycles. The maximum absolute atomic E-state index is 12.5. The lowest BCUT2D eigenvalue weighted by atomic mass is 9.43. The monoisotopic (exact) mass is 636 g/mol. The maximum Gasteiger partial charge on any atom is 0.344 e. The van der Waals surface area contributed by atoms with Crippen LogP contribution < -0.4 is 0 Å². The zero-order valence-electron chi connectivity index (χ0n) is 27.5. The van der Waals surface area contributed by atoms with Crippen molar-refractivity contribution in [1.82, 2.24) is 0 Å². The van der Waals surface area contributed by atoms with E-state index >= 15 is 0 Å². The van der Waals surface area contributed by atoms with Crippen LogP contribution in [-0.4, -0.2) is 74.6 Å². The summed E-state index contributed by atoms with van der Waals surface area (Å²) in [6.45, 7) is 6.00. The van der Waals surface area contributed by atoms with Crippen LogP contribution in [0, 0.1) is 46.3 Å². The first-order chi connectivity index (χ1) is 21.3. The minimum absolute atomic E-state index is 0.0684. The third kappa shape index (κ3) is 7.66. The molecule has 0 radical (unpaired) electrons. The van der Waals surface area contributed by atoms with Gasteiger partial charge >= 0.3 is 29.8 Å². The van der Waals surface area contributed by atoms with E-state index in [1.807, 2.05) is 0 Å². The molecule has 1 N–H and O–H groups in total. The summed E-state index contributed by atoms with van der Waals surface area (Å²) in [5, 5.41) is 11.8. The second-order valence-corrected chi connectivity index (χ2v) is 14.3. The topological polar surface area (TPSA) is 152 Å². The van der Waals surface area contributed by atoms with Crippen molar-refractivity contribution in [1.29, 1.82) is 0 Å². The Morgan fingerprint density at radius 3 is 2.02 bits per heavy atom. The number of fused-ring (bicyclic) bond motifs is 5. The Balaban J connectivity index is 1.30. The van der Waals surface area contributed by atoms with E-state index in [1.54, 1.807) is 0 Å². The second-order valence-electron chi connectivity index (χ2n) is 14.3. The van der Waals surface area contributed by atoms with Gasteiger partial charge in [0.25, 0.3) is 0 Å². The van der Waals surface area contributed by atoms with E-state index < -0.39 is 42.6 Å². The quantitative estimate of drug-likeness (QED) is 0.243. The van der Waals surface area contributed by atoms with E-state index in [-0.39, 0.29) is 48.7 Å². The van der Waals surface area contributed by atoms with E-state index in [4.69, 9.17) is 14.2 Å². The van der Waals surface area contributed by atoms with Gasteiger partial charge in [0.05, 0.1) is 33.2 Å². The van der Waals surface area contributed by atoms with E-state index in [9.17, 15) is 29.1 Å². The highest BCUT2D eigenvalue weighted by Gasteiger charge is 2.63. The average molecular weight is 637 g/mol. The van der Waals surface area contributed by atoms with Gasteiger partial charge in [0.1, 0.15) is 6.10 Å². The third-order valence-corrected chi connectivity index (χ3v) is 12.3. The maximum atomic E-state index is 12.5. The summed E-state index contributed by atoms with van der Waals surface area (Å²) < 4.78 is 24.6. The molecule has 11 heteroatoms. The molecule has 0 amide bonds. The summed E-state index contributed by atoms with van der Waals surface area (Å²) in [5.41, 5.74) is -0.136. The number of methoxy groups -OCH3 is 2. The van der Waals surface area contributed by atoms with Gasteiger partial charge in [-0.05, 0) is 104 Å². The van der Waals surface area contributed by atoms with Crippen LogP contribution in [0.4, 0.5) is 0 Å². The fourth-order valence-corrected chi connectivity index (χ4v) is 9.79. The number of carbonyl (C=O) groups excluding carboxylic acids is 5. The summed E-state index contributed by atoms with van der Waals surface area (Å²) in [6, 6.07) is 0. The standard InChI is InChI=1S/C34H52O11/c1-20(6-11-28(36)43-18-31(39)41-4)24-9-10-25-23-8-7-21-16-22(45-30(38)13-12-29(37)44-19-32(40)42-5)14-15-33(21,2)26(23)17-27(35)34(24,25)3/h20-27,35H,6-19H2,1-5H3. The van der Waals surface area contributed by atoms with Crippen molar-refractivity contribution in [3.63, 3.8) is 0 Å². The zero-order chi connectivity index (χ0) is 32.9. The van der Waals surface area contributed by atoms with Crippen molar-refractivity contribution in [2.75, 3.05) is 27.4 Å². The molecule has 254 valence electrons. The largest absolute Gasteiger partial charge is 0.466 e. The van der Waals surface area contributed by atoms with E-state index in [1.165, 1.54) is 14.2 Å². The molecule has 10 atom stereocenters. The normalized spacial score (nSPS) is 35.9. The molecule has 4 saturated carbocycles. The molecule has 4 aliphatic carbocycles. The van der Waals surface area contributed by atoms with Crippen molar-refractivity contribution in [2.24, 2.45) is 46.3 Å². The predicted molar refractivity (Wildman–Crippen MR) is 160 cm³/mol. The lowest BCUT2D eigenvalue weighted by molar-refractivity contribution is -0.182. The predicted octanol–water partition coefficient (Wildman–Crippen LogP) is 4.16. The number of ether oxygens (including phenoxy) is 5. The summed E-state index contributed by atoms with van der Waals surface area (Å²) >= 11 is 0. The SMILES string of the molecule is COC(=O)COC(=O)CCC(=O)OC1CCC2(C)C(CCC3C2CC(O)C2(C)C(C(C)CCC(=O)OCC(=O)OC)CCC32)C1. The number of carbonyl (C=O) groups is 5. The first-order valence-electron chi connectivity index (χ1n) is 16.7. The number of aliphatic hydroxyl groups excluding tert-OH is 1. The average Bonchev–Trinajstić information content (AvgIpc) is 3.39. The number of rotatable bonds is 12. The number of aliphatic hydroxyl groups is 1. The minimum Gasteiger partial charge on any atom is -0.466 e. The van der Waals surface area contributed by atoms with Crippen LogP contribution in [0.3, 0.4) is 0 Å². The van der Waals surface area contributed by atoms with Crippen LogP contribution in [0.25, 0.3) is 0 Å². The Labute approximate surface area is 266 Å². The molecule has 0 heterocycles. The first kappa shape index (κ1) is 35.2. The molecule has 10 unspecified atom stereocenters. The van der Waals surface area contributed by atoms with E-state index in [2.05, 4.69) is 30.2 Å². The van der Waals surface area contributed by atoms with Gasteiger partial charge in [-0.25, -0.2) is 9.59 Å². The molecule has 0 saturated heterocycles. The molecule has 0 spiro atoms. The minimum atomic E-state index is -0.655. The van der Waals surface area contributed by atoms with E-state index in [0.717, 1.165) is 51.4 Å². The Morgan fingerprint density at radius 1 is 0.756 bits per heavy atom. The highest BCUT2D eigenvalue weighted by molar-refractivity contribution is 5.80. The lowest BCUT2D eigenvalue weighted by Gasteiger charge is -2.62. The van der Waals surface area contributed by atoms with Crippen LogP contribution in [0.15, 0.2) is 0 Å². The van der Waals surface area contributed by atoms with E-state index in [0.29, 0.717) is 36.0 Å². The van der Waals surface area contributed by atoms with Crippen LogP contribution in [0.1, 0.15) is 97.8 Å². The Morgan fingerprint density at radius 2 is 1.38 bits per heavy atom. The van der Waals surface area contributed by atoms with Gasteiger partial charge < -0.3 is 28.8 Å². The summed E-state index contributed by atoms with van der Waals surface area (Å²) in [7, 11) is 2.46. The highest BCUT2D eigenvalue weighted by Crippen LogP contribution is 2.68.